The van der Waals surface area contributed by atoms with Crippen molar-refractivity contribution in [3.8, 4) is 0 Å². The summed E-state index contributed by atoms with van der Waals surface area (Å²) in [6, 6.07) is 16.6. The van der Waals surface area contributed by atoms with E-state index >= 15 is 0 Å². The van der Waals surface area contributed by atoms with E-state index in [2.05, 4.69) is 114 Å². The molecule has 0 aliphatic carbocycles. The van der Waals surface area contributed by atoms with Crippen molar-refractivity contribution in [3.05, 3.63) is 95.7 Å². The van der Waals surface area contributed by atoms with E-state index in [1.165, 1.54) is 35.4 Å². The number of hydrogen-bond acceptors (Lipinski definition) is 5. The van der Waals surface area contributed by atoms with Gasteiger partial charge in [0.15, 0.2) is 0 Å². The number of rotatable bonds is 16. The van der Waals surface area contributed by atoms with E-state index < -0.39 is 0 Å². The predicted molar refractivity (Wildman–Crippen MR) is 213 cm³/mol. The monoisotopic (exact) mass is 654 g/mol. The molecule has 0 unspecified atom stereocenters. The molecule has 0 aliphatic rings. The van der Waals surface area contributed by atoms with Crippen LogP contribution < -0.4 is 16.4 Å². The Bertz CT molecular complexity index is 1100. The summed E-state index contributed by atoms with van der Waals surface area (Å²) in [5.74, 6) is 1.20. The fourth-order valence-corrected chi connectivity index (χ4v) is 5.62. The van der Waals surface area contributed by atoms with Gasteiger partial charge in [-0.05, 0) is 67.7 Å². The summed E-state index contributed by atoms with van der Waals surface area (Å²) in [5, 5.41) is 6.78. The van der Waals surface area contributed by atoms with Crippen molar-refractivity contribution >= 4 is 29.9 Å². The van der Waals surface area contributed by atoms with Gasteiger partial charge in [-0.3, -0.25) is 0 Å². The maximum Gasteiger partial charge on any atom is 0.106 e. The molecule has 0 saturated carbocycles. The molecule has 2 aromatic carbocycles. The smallest absolute Gasteiger partial charge is 0.106 e. The average Bonchev–Trinajstić information content (AvgIpc) is 3.07. The molecule has 0 heterocycles. The van der Waals surface area contributed by atoms with Crippen molar-refractivity contribution in [2.24, 2.45) is 11.1 Å². The molecule has 0 fully saturated rings. The molecule has 4 nitrogen and oxygen atoms in total. The Morgan fingerprint density at radius 3 is 1.96 bits per heavy atom. The Morgan fingerprint density at radius 2 is 1.46 bits per heavy atom. The summed E-state index contributed by atoms with van der Waals surface area (Å²) < 4.78 is 0.396. The van der Waals surface area contributed by atoms with E-state index in [-0.39, 0.29) is 0 Å². The van der Waals surface area contributed by atoms with Gasteiger partial charge in [0, 0.05) is 35.2 Å². The first-order chi connectivity index (χ1) is 21.9. The molecule has 2 aromatic rings. The van der Waals surface area contributed by atoms with Crippen LogP contribution in [0.5, 0.6) is 0 Å². The predicted octanol–water partition coefficient (Wildman–Crippen LogP) is 11.2. The van der Waals surface area contributed by atoms with Crippen molar-refractivity contribution in [2.45, 2.75) is 119 Å². The molecule has 262 valence electrons. The fourth-order valence-electron chi connectivity index (χ4n) is 4.60. The molecule has 0 amide bonds. The number of nitrogens with one attached hydrogen (secondary N) is 2. The van der Waals surface area contributed by atoms with E-state index in [0.29, 0.717) is 10.2 Å². The first kappa shape index (κ1) is 47.5. The zero-order valence-electron chi connectivity index (χ0n) is 31.9. The number of aryl methyl sites for hydroxylation is 2. The third-order valence-corrected chi connectivity index (χ3v) is 8.54. The Labute approximate surface area is 290 Å². The van der Waals surface area contributed by atoms with Crippen molar-refractivity contribution in [3.63, 3.8) is 0 Å². The molecule has 46 heavy (non-hydrogen) atoms. The van der Waals surface area contributed by atoms with Crippen LogP contribution in [0.3, 0.4) is 0 Å². The number of hydrogen-bond donors (Lipinski definition) is 3. The number of nitrogens with two attached hydrogens (primary N) is 1. The molecular formula is C41H71N3OS. The lowest BCUT2D eigenvalue weighted by molar-refractivity contribution is -0.0980. The zero-order valence-corrected chi connectivity index (χ0v) is 32.7. The molecule has 2 rings (SSSR count). The SMILES string of the molecule is C=CCCCC(=C)NCC(C)(C)CCC(C)(C)SCC.C=O.CC.CC.CCc1ccccc1/C(N)=C(/NC)c1ccccc1C. The van der Waals surface area contributed by atoms with E-state index in [0.717, 1.165) is 54.7 Å². The average molecular weight is 654 g/mol. The van der Waals surface area contributed by atoms with Gasteiger partial charge in [-0.1, -0.05) is 130 Å². The fraction of sp³-hybridized carbons (Fsp3) is 0.537. The van der Waals surface area contributed by atoms with E-state index in [4.69, 9.17) is 10.5 Å². The zero-order chi connectivity index (χ0) is 36.2. The number of unbranched alkanes of at least 4 members (excludes halogenated alkanes) is 1. The number of thioether (sulfide) groups is 1. The summed E-state index contributed by atoms with van der Waals surface area (Å²) in [6.07, 6.45) is 8.75. The van der Waals surface area contributed by atoms with Crippen LogP contribution in [0.25, 0.3) is 11.4 Å². The molecule has 5 heteroatoms. The van der Waals surface area contributed by atoms with Crippen molar-refractivity contribution < 1.29 is 4.79 Å². The number of carbonyl (C=O) groups excluding carboxylic acids is 1. The molecule has 0 radical (unpaired) electrons. The van der Waals surface area contributed by atoms with Crippen LogP contribution in [0.15, 0.2) is 73.5 Å². The molecule has 0 aliphatic heterocycles. The van der Waals surface area contributed by atoms with E-state index in [1.54, 1.807) is 0 Å². The molecule has 4 N–H and O–H groups in total. The van der Waals surface area contributed by atoms with Crippen LogP contribution in [0.4, 0.5) is 0 Å². The van der Waals surface area contributed by atoms with Crippen LogP contribution in [-0.4, -0.2) is 30.9 Å². The second-order valence-corrected chi connectivity index (χ2v) is 13.8. The topological polar surface area (TPSA) is 67.2 Å². The lowest BCUT2D eigenvalue weighted by Crippen LogP contribution is -2.30. The van der Waals surface area contributed by atoms with Crippen molar-refractivity contribution in [2.75, 3.05) is 19.3 Å². The third kappa shape index (κ3) is 20.3. The highest BCUT2D eigenvalue weighted by atomic mass is 32.2. The Kier molecular flexibility index (Phi) is 29.2. The maximum absolute atomic E-state index is 8.00. The highest BCUT2D eigenvalue weighted by molar-refractivity contribution is 8.00. The summed E-state index contributed by atoms with van der Waals surface area (Å²) in [7, 11) is 1.92. The van der Waals surface area contributed by atoms with E-state index in [9.17, 15) is 0 Å². The summed E-state index contributed by atoms with van der Waals surface area (Å²) >= 11 is 2.06. The van der Waals surface area contributed by atoms with Gasteiger partial charge in [-0.15, -0.1) is 6.58 Å². The first-order valence-electron chi connectivity index (χ1n) is 17.2. The third-order valence-electron chi connectivity index (χ3n) is 7.26. The highest BCUT2D eigenvalue weighted by Gasteiger charge is 2.24. The lowest BCUT2D eigenvalue weighted by Gasteiger charge is -2.31. The van der Waals surface area contributed by atoms with Gasteiger partial charge in [-0.25, -0.2) is 0 Å². The Balaban J connectivity index is -0.000000691. The largest absolute Gasteiger partial charge is 0.397 e. The van der Waals surface area contributed by atoms with Gasteiger partial charge < -0.3 is 21.2 Å². The second-order valence-electron chi connectivity index (χ2n) is 11.9. The minimum atomic E-state index is 0.326. The van der Waals surface area contributed by atoms with Gasteiger partial charge in [0.05, 0.1) is 11.4 Å². The number of carbonyl (C=O) groups is 1. The van der Waals surface area contributed by atoms with Gasteiger partial charge in [0.1, 0.15) is 6.79 Å². The molecule has 0 saturated heterocycles. The van der Waals surface area contributed by atoms with Gasteiger partial charge in [-0.2, -0.15) is 11.8 Å². The molecule has 0 atom stereocenters. The summed E-state index contributed by atoms with van der Waals surface area (Å²) in [6.45, 7) is 34.8. The second kappa shape index (κ2) is 28.3. The normalized spacial score (nSPS) is 10.9. The quantitative estimate of drug-likeness (QED) is 0.0955. The number of benzene rings is 2. The summed E-state index contributed by atoms with van der Waals surface area (Å²) in [4.78, 5) is 8.00. The minimum Gasteiger partial charge on any atom is -0.397 e. The standard InChI is InChI=1S/C18H22N2.C18H35NS.2C2H6.CH2O/c1-4-14-10-6-8-12-16(14)17(19)18(20-3)15-11-7-5-9-13(15)2;1-8-10-11-12-16(3)19-15-17(4,5)13-14-18(6,7)20-9-2;3*1-2/h5-12,20H,4,19H2,1-3H3;8,19H,1,3,9-15H2,2,4-7H3;2*1-2H3;1H2/b18-17-;;;;. The highest BCUT2D eigenvalue weighted by Crippen LogP contribution is 2.34. The van der Waals surface area contributed by atoms with Crippen LogP contribution in [0.1, 0.15) is 124 Å². The van der Waals surface area contributed by atoms with Crippen molar-refractivity contribution in [1.29, 1.82) is 0 Å². The van der Waals surface area contributed by atoms with Crippen LogP contribution >= 0.6 is 11.8 Å². The van der Waals surface area contributed by atoms with Crippen LogP contribution in [0.2, 0.25) is 0 Å². The van der Waals surface area contributed by atoms with Crippen molar-refractivity contribution in [1.82, 2.24) is 10.6 Å². The molecule has 0 aromatic heterocycles. The maximum atomic E-state index is 8.00. The van der Waals surface area contributed by atoms with Crippen LogP contribution in [0, 0.1) is 12.3 Å². The summed E-state index contributed by atoms with van der Waals surface area (Å²) in [5.41, 5.74) is 14.5. The Hall–Kier alpha value is -2.92. The van der Waals surface area contributed by atoms with Gasteiger partial charge in [0.25, 0.3) is 0 Å². The Morgan fingerprint density at radius 1 is 0.913 bits per heavy atom. The minimum absolute atomic E-state index is 0.326. The van der Waals surface area contributed by atoms with Crippen LogP contribution in [-0.2, 0) is 11.2 Å². The lowest BCUT2D eigenvalue weighted by atomic mass is 9.85. The molecule has 0 bridgehead atoms. The first-order valence-corrected chi connectivity index (χ1v) is 18.2. The molecule has 0 spiro atoms. The van der Waals surface area contributed by atoms with E-state index in [1.807, 2.05) is 65.8 Å². The van der Waals surface area contributed by atoms with Gasteiger partial charge >= 0.3 is 0 Å². The number of allylic oxidation sites excluding steroid dienone is 2. The van der Waals surface area contributed by atoms with Gasteiger partial charge in [0.2, 0.25) is 0 Å². The molecular weight excluding hydrogens is 583 g/mol.